The Labute approximate surface area is 257 Å². The van der Waals surface area contributed by atoms with Gasteiger partial charge in [0, 0.05) is 47.6 Å². The topological polar surface area (TPSA) is 38.9 Å². The normalized spacial score (nSPS) is 11.6. The molecule has 0 aliphatic carbocycles. The van der Waals surface area contributed by atoms with Crippen molar-refractivity contribution in [3.05, 3.63) is 146 Å². The van der Waals surface area contributed by atoms with E-state index in [0.717, 1.165) is 55.8 Å². The maximum atomic E-state index is 6.06. The maximum Gasteiger partial charge on any atom is 0.160 e. The fourth-order valence-corrected chi connectivity index (χ4v) is 7.22. The van der Waals surface area contributed by atoms with Gasteiger partial charge in [0.25, 0.3) is 0 Å². The van der Waals surface area contributed by atoms with E-state index in [0.29, 0.717) is 0 Å². The van der Waals surface area contributed by atoms with Gasteiger partial charge in [-0.3, -0.25) is 0 Å². The Bertz CT molecular complexity index is 2440. The maximum absolute atomic E-state index is 6.06. The molecule has 0 spiro atoms. The molecule has 206 valence electrons. The number of thiophene rings is 1. The van der Waals surface area contributed by atoms with Crippen molar-refractivity contribution in [1.82, 2.24) is 9.97 Å². The van der Waals surface area contributed by atoms with Gasteiger partial charge < -0.3 is 4.42 Å². The highest BCUT2D eigenvalue weighted by molar-refractivity contribution is 7.25. The number of aromatic nitrogens is 2. The molecule has 9 aromatic rings. The van der Waals surface area contributed by atoms with Crippen molar-refractivity contribution in [1.29, 1.82) is 0 Å². The molecule has 0 N–H and O–H groups in total. The van der Waals surface area contributed by atoms with E-state index in [4.69, 9.17) is 14.4 Å². The monoisotopic (exact) mass is 580 g/mol. The Balaban J connectivity index is 1.16. The van der Waals surface area contributed by atoms with Crippen molar-refractivity contribution in [2.75, 3.05) is 0 Å². The second kappa shape index (κ2) is 10.0. The fourth-order valence-electron chi connectivity index (χ4n) is 6.09. The van der Waals surface area contributed by atoms with Gasteiger partial charge in [0.1, 0.15) is 11.2 Å². The number of fused-ring (bicyclic) bond motifs is 6. The van der Waals surface area contributed by atoms with Crippen molar-refractivity contribution < 1.29 is 4.42 Å². The van der Waals surface area contributed by atoms with Crippen LogP contribution in [0.2, 0.25) is 0 Å². The molecule has 0 saturated carbocycles. The third kappa shape index (κ3) is 4.19. The van der Waals surface area contributed by atoms with Gasteiger partial charge in [-0.05, 0) is 53.6 Å². The standard InChI is InChI=1S/C40H24N2OS/c1-3-9-25(10-4-1)34-24-35(42-40(41-34)26-11-5-2-6-12-26)29-17-20-38-33(22-29)31-18-15-28(23-39(31)44-38)27-16-19-37-32(21-27)30-13-7-8-14-36(30)43-37/h1-24H. The second-order valence-electron chi connectivity index (χ2n) is 11.0. The summed E-state index contributed by atoms with van der Waals surface area (Å²) in [5.41, 5.74) is 9.21. The lowest BCUT2D eigenvalue weighted by Gasteiger charge is -2.09. The third-order valence-electron chi connectivity index (χ3n) is 8.30. The molecule has 0 fully saturated rings. The molecule has 0 amide bonds. The molecule has 9 rings (SSSR count). The summed E-state index contributed by atoms with van der Waals surface area (Å²) in [7, 11) is 0. The van der Waals surface area contributed by atoms with Gasteiger partial charge in [-0.25, -0.2) is 9.97 Å². The summed E-state index contributed by atoms with van der Waals surface area (Å²) in [5.74, 6) is 0.726. The molecule has 6 aromatic carbocycles. The van der Waals surface area contributed by atoms with Crippen LogP contribution in [0, 0.1) is 0 Å². The number of hydrogen-bond donors (Lipinski definition) is 0. The number of para-hydroxylation sites is 1. The van der Waals surface area contributed by atoms with Crippen LogP contribution in [-0.2, 0) is 0 Å². The number of furan rings is 1. The quantitative estimate of drug-likeness (QED) is 0.208. The molecule has 3 heterocycles. The molecule has 0 unspecified atom stereocenters. The minimum Gasteiger partial charge on any atom is -0.456 e. The number of rotatable bonds is 4. The molecule has 0 atom stereocenters. The lowest BCUT2D eigenvalue weighted by atomic mass is 10.0. The highest BCUT2D eigenvalue weighted by Crippen LogP contribution is 2.40. The van der Waals surface area contributed by atoms with Gasteiger partial charge in [-0.15, -0.1) is 11.3 Å². The van der Waals surface area contributed by atoms with Crippen LogP contribution < -0.4 is 0 Å². The van der Waals surface area contributed by atoms with E-state index in [2.05, 4.69) is 97.1 Å². The number of hydrogen-bond acceptors (Lipinski definition) is 4. The van der Waals surface area contributed by atoms with Crippen molar-refractivity contribution in [3.63, 3.8) is 0 Å². The van der Waals surface area contributed by atoms with Crippen LogP contribution in [0.5, 0.6) is 0 Å². The van der Waals surface area contributed by atoms with Crippen LogP contribution in [0.4, 0.5) is 0 Å². The first-order chi connectivity index (χ1) is 21.8. The Morgan fingerprint density at radius 3 is 1.86 bits per heavy atom. The minimum atomic E-state index is 0.726. The molecule has 3 nitrogen and oxygen atoms in total. The summed E-state index contributed by atoms with van der Waals surface area (Å²) < 4.78 is 8.59. The van der Waals surface area contributed by atoms with E-state index in [9.17, 15) is 0 Å². The predicted molar refractivity (Wildman–Crippen MR) is 184 cm³/mol. The molecule has 0 bridgehead atoms. The Morgan fingerprint density at radius 1 is 0.386 bits per heavy atom. The van der Waals surface area contributed by atoms with Gasteiger partial charge in [-0.1, -0.05) is 103 Å². The average Bonchev–Trinajstić information content (AvgIpc) is 3.66. The molecule has 4 heteroatoms. The third-order valence-corrected chi connectivity index (χ3v) is 9.44. The molecule has 3 aromatic heterocycles. The zero-order valence-electron chi connectivity index (χ0n) is 23.6. The molecule has 0 aliphatic heterocycles. The lowest BCUT2D eigenvalue weighted by Crippen LogP contribution is -1.95. The highest BCUT2D eigenvalue weighted by atomic mass is 32.1. The summed E-state index contributed by atoms with van der Waals surface area (Å²) in [5, 5.41) is 4.79. The molecule has 44 heavy (non-hydrogen) atoms. The van der Waals surface area contributed by atoms with Gasteiger partial charge in [0.2, 0.25) is 0 Å². The van der Waals surface area contributed by atoms with E-state index < -0.39 is 0 Å². The Morgan fingerprint density at radius 2 is 1.02 bits per heavy atom. The smallest absolute Gasteiger partial charge is 0.160 e. The number of nitrogens with zero attached hydrogens (tertiary/aromatic N) is 2. The van der Waals surface area contributed by atoms with Gasteiger partial charge in [0.15, 0.2) is 5.82 Å². The van der Waals surface area contributed by atoms with Crippen molar-refractivity contribution in [3.8, 4) is 45.0 Å². The van der Waals surface area contributed by atoms with Crippen LogP contribution in [0.25, 0.3) is 87.1 Å². The molecule has 0 aliphatic rings. The van der Waals surface area contributed by atoms with E-state index in [1.807, 2.05) is 59.9 Å². The van der Waals surface area contributed by atoms with Gasteiger partial charge >= 0.3 is 0 Å². The minimum absolute atomic E-state index is 0.726. The van der Waals surface area contributed by atoms with E-state index >= 15 is 0 Å². The van der Waals surface area contributed by atoms with Crippen LogP contribution in [0.3, 0.4) is 0 Å². The molecule has 0 radical (unpaired) electrons. The molecular formula is C40H24N2OS. The van der Waals surface area contributed by atoms with E-state index in [1.165, 1.54) is 31.3 Å². The van der Waals surface area contributed by atoms with E-state index in [-0.39, 0.29) is 0 Å². The Hall–Kier alpha value is -5.58. The zero-order chi connectivity index (χ0) is 29.0. The summed E-state index contributed by atoms with van der Waals surface area (Å²) in [6, 6.07) is 50.8. The van der Waals surface area contributed by atoms with Crippen molar-refractivity contribution in [2.45, 2.75) is 0 Å². The summed E-state index contributed by atoms with van der Waals surface area (Å²) in [6.45, 7) is 0. The van der Waals surface area contributed by atoms with E-state index in [1.54, 1.807) is 0 Å². The van der Waals surface area contributed by atoms with Crippen molar-refractivity contribution >= 4 is 53.4 Å². The summed E-state index contributed by atoms with van der Waals surface area (Å²) in [6.07, 6.45) is 0. The number of benzene rings is 6. The van der Waals surface area contributed by atoms with Crippen molar-refractivity contribution in [2.24, 2.45) is 0 Å². The second-order valence-corrected chi connectivity index (χ2v) is 12.1. The fraction of sp³-hybridized carbons (Fsp3) is 0. The first kappa shape index (κ1) is 25.0. The van der Waals surface area contributed by atoms with Crippen LogP contribution in [-0.4, -0.2) is 9.97 Å². The summed E-state index contributed by atoms with van der Waals surface area (Å²) in [4.78, 5) is 10.0. The first-order valence-electron chi connectivity index (χ1n) is 14.7. The highest BCUT2D eigenvalue weighted by Gasteiger charge is 2.14. The van der Waals surface area contributed by atoms with Crippen LogP contribution in [0.1, 0.15) is 0 Å². The van der Waals surface area contributed by atoms with Crippen LogP contribution >= 0.6 is 11.3 Å². The average molecular weight is 581 g/mol. The largest absolute Gasteiger partial charge is 0.456 e. The predicted octanol–water partition coefficient (Wildman–Crippen LogP) is 11.4. The molecule has 0 saturated heterocycles. The van der Waals surface area contributed by atoms with Crippen LogP contribution in [0.15, 0.2) is 150 Å². The first-order valence-corrected chi connectivity index (χ1v) is 15.5. The SMILES string of the molecule is c1ccc(-c2cc(-c3ccc4sc5cc(-c6ccc7oc8ccccc8c7c6)ccc5c4c3)nc(-c3ccccc3)n2)cc1. The molecular weight excluding hydrogens is 557 g/mol. The summed E-state index contributed by atoms with van der Waals surface area (Å²) >= 11 is 1.83. The van der Waals surface area contributed by atoms with Gasteiger partial charge in [0.05, 0.1) is 11.4 Å². The van der Waals surface area contributed by atoms with Gasteiger partial charge in [-0.2, -0.15) is 0 Å². The lowest BCUT2D eigenvalue weighted by molar-refractivity contribution is 0.669. The Kier molecular flexibility index (Phi) is 5.68. The zero-order valence-corrected chi connectivity index (χ0v) is 24.4.